The van der Waals surface area contributed by atoms with Gasteiger partial charge in [0.05, 0.1) is 20.8 Å². The van der Waals surface area contributed by atoms with E-state index in [4.69, 9.17) is 14.5 Å². The molecule has 0 atom stereocenters. The van der Waals surface area contributed by atoms with E-state index in [9.17, 15) is 0 Å². The smallest absolute Gasteiger partial charge is 0.191 e. The first-order chi connectivity index (χ1) is 14.7. The van der Waals surface area contributed by atoms with Crippen LogP contribution in [0.2, 0.25) is 0 Å². The molecule has 0 saturated carbocycles. The van der Waals surface area contributed by atoms with Gasteiger partial charge in [-0.15, -0.1) is 0 Å². The molecule has 1 aliphatic rings. The minimum Gasteiger partial charge on any atom is -0.493 e. The number of methoxy groups -OCH3 is 2. The van der Waals surface area contributed by atoms with Crippen LogP contribution in [0.1, 0.15) is 37.3 Å². The summed E-state index contributed by atoms with van der Waals surface area (Å²) in [7, 11) is 3.28. The lowest BCUT2D eigenvalue weighted by molar-refractivity contribution is 0.354. The maximum absolute atomic E-state index is 5.38. The van der Waals surface area contributed by atoms with Crippen molar-refractivity contribution in [2.45, 2.75) is 39.3 Å². The normalized spacial score (nSPS) is 14.4. The highest BCUT2D eigenvalue weighted by atomic mass is 16.5. The Morgan fingerprint density at radius 3 is 2.53 bits per heavy atom. The molecule has 0 aliphatic carbocycles. The number of ether oxygens (including phenoxy) is 2. The number of aromatic nitrogens is 1. The number of piperidine rings is 1. The Kier molecular flexibility index (Phi) is 8.18. The van der Waals surface area contributed by atoms with Crippen LogP contribution >= 0.6 is 0 Å². The molecule has 1 aromatic heterocycles. The summed E-state index contributed by atoms with van der Waals surface area (Å²) in [6, 6.07) is 10.1. The van der Waals surface area contributed by atoms with Crippen LogP contribution < -0.4 is 25.0 Å². The van der Waals surface area contributed by atoms with E-state index in [1.807, 2.05) is 24.4 Å². The first-order valence-corrected chi connectivity index (χ1v) is 10.7. The van der Waals surface area contributed by atoms with E-state index in [0.29, 0.717) is 18.8 Å². The number of guanidine groups is 1. The van der Waals surface area contributed by atoms with E-state index >= 15 is 0 Å². The molecular formula is C23H33N5O2. The van der Waals surface area contributed by atoms with Crippen molar-refractivity contribution >= 4 is 11.8 Å². The summed E-state index contributed by atoms with van der Waals surface area (Å²) in [5.74, 6) is 3.28. The minimum absolute atomic E-state index is 0.547. The Labute approximate surface area is 179 Å². The molecule has 3 rings (SSSR count). The van der Waals surface area contributed by atoms with Crippen LogP contribution in [-0.4, -0.2) is 44.8 Å². The molecule has 1 aromatic carbocycles. The molecule has 162 valence electrons. The first kappa shape index (κ1) is 21.7. The Bertz CT molecular complexity index is 834. The molecule has 1 aliphatic heterocycles. The monoisotopic (exact) mass is 411 g/mol. The number of anilines is 1. The summed E-state index contributed by atoms with van der Waals surface area (Å²) in [5.41, 5.74) is 2.25. The maximum atomic E-state index is 5.38. The van der Waals surface area contributed by atoms with Crippen LogP contribution in [0.4, 0.5) is 5.82 Å². The SMILES string of the molecule is CCNC(=NCc1ccc(OC)c(OC)c1)NCc1ccnc(N2CCCCC2)c1. The van der Waals surface area contributed by atoms with Crippen molar-refractivity contribution < 1.29 is 9.47 Å². The number of nitrogens with one attached hydrogen (secondary N) is 2. The van der Waals surface area contributed by atoms with Crippen LogP contribution in [0.15, 0.2) is 41.5 Å². The van der Waals surface area contributed by atoms with Crippen LogP contribution in [0.5, 0.6) is 11.5 Å². The van der Waals surface area contributed by atoms with E-state index in [1.54, 1.807) is 14.2 Å². The first-order valence-electron chi connectivity index (χ1n) is 10.7. The van der Waals surface area contributed by atoms with E-state index in [2.05, 4.69) is 39.6 Å². The Morgan fingerprint density at radius 1 is 1.00 bits per heavy atom. The topological polar surface area (TPSA) is 71.0 Å². The zero-order chi connectivity index (χ0) is 21.2. The molecule has 7 heteroatoms. The molecule has 0 amide bonds. The number of nitrogens with zero attached hydrogens (tertiary/aromatic N) is 3. The van der Waals surface area contributed by atoms with Crippen LogP contribution in [0.25, 0.3) is 0 Å². The predicted octanol–water partition coefficient (Wildman–Crippen LogP) is 3.34. The van der Waals surface area contributed by atoms with Gasteiger partial charge in [0.25, 0.3) is 0 Å². The second-order valence-corrected chi connectivity index (χ2v) is 7.31. The third kappa shape index (κ3) is 6.02. The number of hydrogen-bond acceptors (Lipinski definition) is 5. The number of hydrogen-bond donors (Lipinski definition) is 2. The third-order valence-electron chi connectivity index (χ3n) is 5.16. The summed E-state index contributed by atoms with van der Waals surface area (Å²) in [5, 5.41) is 6.73. The van der Waals surface area contributed by atoms with Crippen LogP contribution in [0.3, 0.4) is 0 Å². The largest absolute Gasteiger partial charge is 0.493 e. The Balaban J connectivity index is 1.63. The molecular weight excluding hydrogens is 378 g/mol. The van der Waals surface area contributed by atoms with E-state index < -0.39 is 0 Å². The second-order valence-electron chi connectivity index (χ2n) is 7.31. The van der Waals surface area contributed by atoms with Gasteiger partial charge in [0, 0.05) is 32.4 Å². The van der Waals surface area contributed by atoms with Crippen LogP contribution in [-0.2, 0) is 13.1 Å². The highest BCUT2D eigenvalue weighted by Gasteiger charge is 2.12. The molecule has 0 unspecified atom stereocenters. The second kappa shape index (κ2) is 11.3. The molecule has 2 heterocycles. The molecule has 2 aromatic rings. The van der Waals surface area contributed by atoms with Gasteiger partial charge in [0.1, 0.15) is 5.82 Å². The van der Waals surface area contributed by atoms with Crippen molar-refractivity contribution in [3.05, 3.63) is 47.7 Å². The number of aliphatic imine (C=N–C) groups is 1. The standard InChI is InChI=1S/C23H33N5O2/c1-4-24-23(26-16-18-8-9-20(29-2)21(14-18)30-3)27-17-19-10-11-25-22(15-19)28-12-6-5-7-13-28/h8-11,14-15H,4-7,12-13,16-17H2,1-3H3,(H2,24,26,27). The van der Waals surface area contributed by atoms with Gasteiger partial charge >= 0.3 is 0 Å². The highest BCUT2D eigenvalue weighted by molar-refractivity contribution is 5.79. The fourth-order valence-corrected chi connectivity index (χ4v) is 3.54. The Hall–Kier alpha value is -2.96. The van der Waals surface area contributed by atoms with Crippen molar-refractivity contribution in [1.82, 2.24) is 15.6 Å². The van der Waals surface area contributed by atoms with Gasteiger partial charge in [-0.05, 0) is 61.6 Å². The lowest BCUT2D eigenvalue weighted by Crippen LogP contribution is -2.37. The molecule has 30 heavy (non-hydrogen) atoms. The number of rotatable bonds is 8. The molecule has 7 nitrogen and oxygen atoms in total. The lowest BCUT2D eigenvalue weighted by Gasteiger charge is -2.28. The van der Waals surface area contributed by atoms with Gasteiger partial charge in [-0.25, -0.2) is 9.98 Å². The molecule has 0 spiro atoms. The van der Waals surface area contributed by atoms with Crippen molar-refractivity contribution in [2.24, 2.45) is 4.99 Å². The number of pyridine rings is 1. The zero-order valence-electron chi connectivity index (χ0n) is 18.3. The summed E-state index contributed by atoms with van der Waals surface area (Å²) in [6.45, 7) is 6.30. The predicted molar refractivity (Wildman–Crippen MR) is 122 cm³/mol. The average Bonchev–Trinajstić information content (AvgIpc) is 2.81. The van der Waals surface area contributed by atoms with Crippen molar-refractivity contribution in [3.63, 3.8) is 0 Å². The van der Waals surface area contributed by atoms with Crippen LogP contribution in [0, 0.1) is 0 Å². The van der Waals surface area contributed by atoms with Gasteiger partial charge in [0.2, 0.25) is 0 Å². The summed E-state index contributed by atoms with van der Waals surface area (Å²) in [6.07, 6.45) is 5.71. The van der Waals surface area contributed by atoms with Gasteiger partial charge in [-0.3, -0.25) is 0 Å². The summed E-state index contributed by atoms with van der Waals surface area (Å²) in [4.78, 5) is 11.7. The highest BCUT2D eigenvalue weighted by Crippen LogP contribution is 2.27. The third-order valence-corrected chi connectivity index (χ3v) is 5.16. The van der Waals surface area contributed by atoms with E-state index in [0.717, 1.165) is 42.7 Å². The molecule has 2 N–H and O–H groups in total. The number of benzene rings is 1. The van der Waals surface area contributed by atoms with E-state index in [-0.39, 0.29) is 0 Å². The van der Waals surface area contributed by atoms with Crippen molar-refractivity contribution in [3.8, 4) is 11.5 Å². The minimum atomic E-state index is 0.547. The lowest BCUT2D eigenvalue weighted by atomic mass is 10.1. The Morgan fingerprint density at radius 2 is 1.80 bits per heavy atom. The summed E-state index contributed by atoms with van der Waals surface area (Å²) < 4.78 is 10.7. The fraction of sp³-hybridized carbons (Fsp3) is 0.478. The maximum Gasteiger partial charge on any atom is 0.191 e. The van der Waals surface area contributed by atoms with E-state index in [1.165, 1.54) is 24.8 Å². The molecule has 0 radical (unpaired) electrons. The average molecular weight is 412 g/mol. The zero-order valence-corrected chi connectivity index (χ0v) is 18.3. The van der Waals surface area contributed by atoms with Crippen molar-refractivity contribution in [2.75, 3.05) is 38.8 Å². The molecule has 0 bridgehead atoms. The van der Waals surface area contributed by atoms with Gasteiger partial charge in [-0.1, -0.05) is 6.07 Å². The fourth-order valence-electron chi connectivity index (χ4n) is 3.54. The van der Waals surface area contributed by atoms with Gasteiger partial charge in [0.15, 0.2) is 17.5 Å². The van der Waals surface area contributed by atoms with Gasteiger partial charge < -0.3 is 25.0 Å². The molecule has 1 saturated heterocycles. The quantitative estimate of drug-likeness (QED) is 0.513. The summed E-state index contributed by atoms with van der Waals surface area (Å²) >= 11 is 0. The van der Waals surface area contributed by atoms with Gasteiger partial charge in [-0.2, -0.15) is 0 Å². The van der Waals surface area contributed by atoms with Crippen molar-refractivity contribution in [1.29, 1.82) is 0 Å². The molecule has 1 fully saturated rings.